The fourth-order valence-corrected chi connectivity index (χ4v) is 2.83. The molecule has 0 heterocycles. The Balaban J connectivity index is 2.87. The third-order valence-electron chi connectivity index (χ3n) is 3.89. The summed E-state index contributed by atoms with van der Waals surface area (Å²) >= 11 is 6.56. The Morgan fingerprint density at radius 2 is 1.71 bits per heavy atom. The number of anilines is 1. The van der Waals surface area contributed by atoms with E-state index in [9.17, 15) is 0 Å². The van der Waals surface area contributed by atoms with Gasteiger partial charge in [-0.3, -0.25) is 0 Å². The zero-order chi connectivity index (χ0) is 15.7. The van der Waals surface area contributed by atoms with Crippen molar-refractivity contribution in [1.29, 1.82) is 0 Å². The fraction of sp³-hybridized carbons (Fsp3) is 0.667. The van der Waals surface area contributed by atoms with Crippen LogP contribution in [0, 0.1) is 0 Å². The third-order valence-corrected chi connectivity index (χ3v) is 4.19. The number of hydrogen-bond donors (Lipinski definition) is 1. The molecule has 0 bridgehead atoms. The number of unbranched alkanes of at least 4 members (excludes halogenated alkanes) is 2. The first kappa shape index (κ1) is 18.3. The zero-order valence-electron chi connectivity index (χ0n) is 14.1. The normalized spacial score (nSPS) is 12.4. The van der Waals surface area contributed by atoms with Crippen molar-refractivity contribution in [1.82, 2.24) is 5.32 Å². The van der Waals surface area contributed by atoms with Crippen LogP contribution < -0.4 is 10.2 Å². The highest BCUT2D eigenvalue weighted by Gasteiger charge is 2.12. The Kier molecular flexibility index (Phi) is 8.79. The van der Waals surface area contributed by atoms with Crippen LogP contribution in [0.4, 0.5) is 5.69 Å². The molecule has 0 amide bonds. The van der Waals surface area contributed by atoms with Crippen LogP contribution in [-0.4, -0.2) is 19.6 Å². The summed E-state index contributed by atoms with van der Waals surface area (Å²) in [6.07, 6.45) is 4.87. The van der Waals surface area contributed by atoms with Gasteiger partial charge in [-0.2, -0.15) is 0 Å². The maximum Gasteiger partial charge on any atom is 0.0642 e. The minimum absolute atomic E-state index is 0.348. The number of benzene rings is 1. The smallest absolute Gasteiger partial charge is 0.0642 e. The van der Waals surface area contributed by atoms with E-state index >= 15 is 0 Å². The molecule has 1 aromatic carbocycles. The molecule has 21 heavy (non-hydrogen) atoms. The van der Waals surface area contributed by atoms with Gasteiger partial charge >= 0.3 is 0 Å². The van der Waals surface area contributed by atoms with E-state index in [4.69, 9.17) is 11.6 Å². The first-order valence-corrected chi connectivity index (χ1v) is 8.79. The standard InChI is InChI=1S/C18H31ClN2/c1-5-8-12-21(13-9-6-2)18-11-10-16(14-17(18)19)15(4)20-7-3/h10-11,14-15,20H,5-9,12-13H2,1-4H3. The largest absolute Gasteiger partial charge is 0.370 e. The molecular formula is C18H31ClN2. The van der Waals surface area contributed by atoms with E-state index < -0.39 is 0 Å². The zero-order valence-corrected chi connectivity index (χ0v) is 14.8. The molecule has 0 spiro atoms. The second kappa shape index (κ2) is 10.1. The van der Waals surface area contributed by atoms with Gasteiger partial charge in [-0.05, 0) is 44.0 Å². The topological polar surface area (TPSA) is 15.3 Å². The summed E-state index contributed by atoms with van der Waals surface area (Å²) in [5.74, 6) is 0. The lowest BCUT2D eigenvalue weighted by atomic mass is 10.1. The highest BCUT2D eigenvalue weighted by Crippen LogP contribution is 2.29. The molecule has 0 saturated carbocycles. The van der Waals surface area contributed by atoms with Gasteiger partial charge in [0.2, 0.25) is 0 Å². The molecule has 0 aromatic heterocycles. The van der Waals surface area contributed by atoms with Crippen molar-refractivity contribution >= 4 is 17.3 Å². The number of rotatable bonds is 10. The molecule has 0 fully saturated rings. The van der Waals surface area contributed by atoms with E-state index in [1.807, 2.05) is 0 Å². The molecule has 0 aliphatic heterocycles. The molecule has 0 radical (unpaired) electrons. The van der Waals surface area contributed by atoms with E-state index in [1.165, 1.54) is 36.9 Å². The molecule has 1 unspecified atom stereocenters. The minimum atomic E-state index is 0.348. The maximum absolute atomic E-state index is 6.56. The van der Waals surface area contributed by atoms with Gasteiger partial charge in [0.15, 0.2) is 0 Å². The van der Waals surface area contributed by atoms with Gasteiger partial charge in [-0.15, -0.1) is 0 Å². The number of halogens is 1. The molecule has 2 nitrogen and oxygen atoms in total. The molecule has 3 heteroatoms. The van der Waals surface area contributed by atoms with E-state index in [2.05, 4.69) is 56.1 Å². The molecule has 0 aliphatic rings. The van der Waals surface area contributed by atoms with Gasteiger partial charge in [0, 0.05) is 19.1 Å². The molecule has 0 aliphatic carbocycles. The number of hydrogen-bond acceptors (Lipinski definition) is 2. The van der Waals surface area contributed by atoms with Gasteiger partial charge in [0.1, 0.15) is 0 Å². The molecule has 120 valence electrons. The summed E-state index contributed by atoms with van der Waals surface area (Å²) in [6.45, 7) is 11.9. The van der Waals surface area contributed by atoms with Crippen LogP contribution in [0.5, 0.6) is 0 Å². The van der Waals surface area contributed by atoms with Crippen LogP contribution in [0.2, 0.25) is 5.02 Å². The van der Waals surface area contributed by atoms with Crippen LogP contribution in [0.1, 0.15) is 65.0 Å². The summed E-state index contributed by atoms with van der Waals surface area (Å²) in [4.78, 5) is 2.44. The van der Waals surface area contributed by atoms with Crippen LogP contribution in [-0.2, 0) is 0 Å². The fourth-order valence-electron chi connectivity index (χ4n) is 2.52. The van der Waals surface area contributed by atoms with Gasteiger partial charge in [-0.25, -0.2) is 0 Å². The second-order valence-corrected chi connectivity index (χ2v) is 6.09. The lowest BCUT2D eigenvalue weighted by Crippen LogP contribution is -2.26. The van der Waals surface area contributed by atoms with Gasteiger partial charge in [0.25, 0.3) is 0 Å². The van der Waals surface area contributed by atoms with Crippen molar-refractivity contribution in [2.45, 2.75) is 59.4 Å². The summed E-state index contributed by atoms with van der Waals surface area (Å²) in [6, 6.07) is 6.87. The number of nitrogens with one attached hydrogen (secondary N) is 1. The van der Waals surface area contributed by atoms with E-state index in [0.717, 1.165) is 24.7 Å². The van der Waals surface area contributed by atoms with Gasteiger partial charge < -0.3 is 10.2 Å². The predicted molar refractivity (Wildman–Crippen MR) is 95.6 cm³/mol. The van der Waals surface area contributed by atoms with Gasteiger partial charge in [-0.1, -0.05) is 51.3 Å². The van der Waals surface area contributed by atoms with Crippen LogP contribution >= 0.6 is 11.6 Å². The van der Waals surface area contributed by atoms with Crippen molar-refractivity contribution in [2.75, 3.05) is 24.5 Å². The lowest BCUT2D eigenvalue weighted by Gasteiger charge is -2.26. The van der Waals surface area contributed by atoms with Crippen LogP contribution in [0.15, 0.2) is 18.2 Å². The average molecular weight is 311 g/mol. The monoisotopic (exact) mass is 310 g/mol. The summed E-state index contributed by atoms with van der Waals surface area (Å²) in [5, 5.41) is 4.31. The third kappa shape index (κ3) is 5.88. The Bertz CT molecular complexity index is 398. The van der Waals surface area contributed by atoms with Crippen molar-refractivity contribution < 1.29 is 0 Å². The summed E-state index contributed by atoms with van der Waals surface area (Å²) in [7, 11) is 0. The van der Waals surface area contributed by atoms with E-state index in [0.29, 0.717) is 6.04 Å². The first-order valence-electron chi connectivity index (χ1n) is 8.41. The Labute approximate surface area is 135 Å². The molecule has 1 atom stereocenters. The SMILES string of the molecule is CCCCN(CCCC)c1ccc(C(C)NCC)cc1Cl. The Hall–Kier alpha value is -0.730. The molecular weight excluding hydrogens is 280 g/mol. The summed E-state index contributed by atoms with van der Waals surface area (Å²) in [5.41, 5.74) is 2.45. The summed E-state index contributed by atoms with van der Waals surface area (Å²) < 4.78 is 0. The minimum Gasteiger partial charge on any atom is -0.370 e. The lowest BCUT2D eigenvalue weighted by molar-refractivity contribution is 0.598. The first-order chi connectivity index (χ1) is 10.1. The Morgan fingerprint density at radius 3 is 2.19 bits per heavy atom. The molecule has 1 N–H and O–H groups in total. The van der Waals surface area contributed by atoms with E-state index in [1.54, 1.807) is 0 Å². The van der Waals surface area contributed by atoms with Gasteiger partial charge in [0.05, 0.1) is 10.7 Å². The quantitative estimate of drug-likeness (QED) is 0.621. The number of nitrogens with zero attached hydrogens (tertiary/aromatic N) is 1. The van der Waals surface area contributed by atoms with Crippen LogP contribution in [0.3, 0.4) is 0 Å². The Morgan fingerprint density at radius 1 is 1.10 bits per heavy atom. The van der Waals surface area contributed by atoms with Crippen LogP contribution in [0.25, 0.3) is 0 Å². The highest BCUT2D eigenvalue weighted by molar-refractivity contribution is 6.33. The molecule has 0 saturated heterocycles. The average Bonchev–Trinajstić information content (AvgIpc) is 2.48. The highest BCUT2D eigenvalue weighted by atomic mass is 35.5. The molecule has 1 rings (SSSR count). The maximum atomic E-state index is 6.56. The predicted octanol–water partition coefficient (Wildman–Crippen LogP) is 5.42. The second-order valence-electron chi connectivity index (χ2n) is 5.68. The van der Waals surface area contributed by atoms with Crippen molar-refractivity contribution in [3.05, 3.63) is 28.8 Å². The van der Waals surface area contributed by atoms with E-state index in [-0.39, 0.29) is 0 Å². The van der Waals surface area contributed by atoms with Crippen molar-refractivity contribution in [3.8, 4) is 0 Å². The molecule has 1 aromatic rings. The van der Waals surface area contributed by atoms with Crippen molar-refractivity contribution in [2.24, 2.45) is 0 Å². The van der Waals surface area contributed by atoms with Crippen molar-refractivity contribution in [3.63, 3.8) is 0 Å².